The van der Waals surface area contributed by atoms with Gasteiger partial charge in [0.1, 0.15) is 6.04 Å². The molecule has 0 aliphatic carbocycles. The van der Waals surface area contributed by atoms with Crippen LogP contribution in [0.2, 0.25) is 0 Å². The zero-order valence-corrected chi connectivity index (χ0v) is 27.9. The van der Waals surface area contributed by atoms with Gasteiger partial charge in [-0.15, -0.1) is 24.9 Å². The van der Waals surface area contributed by atoms with E-state index in [4.69, 9.17) is 0 Å². The highest BCUT2D eigenvalue weighted by atomic mass is 32.2. The van der Waals surface area contributed by atoms with Crippen LogP contribution in [0.15, 0.2) is 73.8 Å². The van der Waals surface area contributed by atoms with Gasteiger partial charge in [-0.3, -0.25) is 14.4 Å². The third-order valence-electron chi connectivity index (χ3n) is 10.0. The molecule has 5 rings (SSSR count). The molecule has 8 heteroatoms. The monoisotopic (exact) mass is 629 g/mol. The summed E-state index contributed by atoms with van der Waals surface area (Å²) in [4.78, 5) is 49.7. The lowest BCUT2D eigenvalue weighted by Crippen LogP contribution is -2.58. The van der Waals surface area contributed by atoms with E-state index in [1.165, 1.54) is 0 Å². The predicted octanol–water partition coefficient (Wildman–Crippen LogP) is 5.33. The first-order valence-corrected chi connectivity index (χ1v) is 16.9. The molecule has 3 aliphatic heterocycles. The van der Waals surface area contributed by atoms with Crippen LogP contribution in [-0.2, 0) is 20.8 Å². The highest BCUT2D eigenvalue weighted by Gasteiger charge is 2.78. The van der Waals surface area contributed by atoms with Crippen LogP contribution in [-0.4, -0.2) is 80.4 Å². The van der Waals surface area contributed by atoms with Crippen LogP contribution in [0, 0.1) is 25.7 Å². The number of hydrogen-bond donors (Lipinski definition) is 1. The summed E-state index contributed by atoms with van der Waals surface area (Å²) in [5.74, 6) is -1.67. The fourth-order valence-electron chi connectivity index (χ4n) is 8.06. The topological polar surface area (TPSA) is 81.2 Å². The van der Waals surface area contributed by atoms with Gasteiger partial charge in [-0.05, 0) is 69.2 Å². The Hall–Kier alpha value is -3.36. The quantitative estimate of drug-likeness (QED) is 0.303. The van der Waals surface area contributed by atoms with Gasteiger partial charge in [0, 0.05) is 30.1 Å². The number of thioether (sulfide) groups is 1. The van der Waals surface area contributed by atoms with Crippen LogP contribution in [0.5, 0.6) is 0 Å². The Labute approximate surface area is 272 Å². The minimum absolute atomic E-state index is 0.0409. The molecule has 45 heavy (non-hydrogen) atoms. The van der Waals surface area contributed by atoms with E-state index in [2.05, 4.69) is 20.1 Å². The number of carbonyl (C=O) groups is 3. The second-order valence-electron chi connectivity index (χ2n) is 13.1. The standard InChI is InChI=1S/C37H47N3O4S/c1-7-19-38(20-8-2)33(42)30-31-34(43)40(28(24-41)23-27-13-11-10-12-14-27)32(37(31)18-17-36(30,6)45-37)35(44)39(21-9-3)29-22-25(4)15-16-26(29)5/h7,9-16,22,28,30-32,41H,1,3,8,17-21,23-24H2,2,4-6H3/t28-,30+,31+,32?,36-,37?/m1/s1. The van der Waals surface area contributed by atoms with Crippen LogP contribution in [0.4, 0.5) is 5.69 Å². The predicted molar refractivity (Wildman–Crippen MR) is 182 cm³/mol. The van der Waals surface area contributed by atoms with Crippen molar-refractivity contribution in [3.63, 3.8) is 0 Å². The summed E-state index contributed by atoms with van der Waals surface area (Å²) >= 11 is 1.67. The highest BCUT2D eigenvalue weighted by molar-refractivity contribution is 8.02. The number of anilines is 1. The fourth-order valence-corrected chi connectivity index (χ4v) is 10.4. The van der Waals surface area contributed by atoms with Crippen molar-refractivity contribution < 1.29 is 19.5 Å². The van der Waals surface area contributed by atoms with Gasteiger partial charge in [0.2, 0.25) is 11.8 Å². The number of aliphatic hydroxyl groups is 1. The van der Waals surface area contributed by atoms with E-state index in [1.54, 1.807) is 33.7 Å². The Kier molecular flexibility index (Phi) is 9.66. The van der Waals surface area contributed by atoms with Crippen molar-refractivity contribution in [3.05, 3.63) is 90.5 Å². The van der Waals surface area contributed by atoms with Crippen LogP contribution in [0.25, 0.3) is 0 Å². The van der Waals surface area contributed by atoms with E-state index in [1.807, 2.05) is 74.2 Å². The summed E-state index contributed by atoms with van der Waals surface area (Å²) in [6.07, 6.45) is 6.03. The molecule has 3 amide bonds. The number of hydrogen-bond acceptors (Lipinski definition) is 5. The van der Waals surface area contributed by atoms with E-state index in [-0.39, 0.29) is 30.9 Å². The van der Waals surface area contributed by atoms with Gasteiger partial charge in [-0.1, -0.05) is 61.5 Å². The molecule has 2 aromatic carbocycles. The number of likely N-dealkylation sites (tertiary alicyclic amines) is 1. The Bertz CT molecular complexity index is 1460. The SMILES string of the molecule is C=CCN(CCC)C(=O)[C@@H]1[C@H]2C(=O)N([C@@H](CO)Cc3ccccc3)C(C(=O)N(CC=C)c3cc(C)ccc3C)C23CC[C@@]1(C)S3. The molecule has 2 aromatic rings. The number of amides is 3. The maximum Gasteiger partial charge on any atom is 0.251 e. The summed E-state index contributed by atoms with van der Waals surface area (Å²) in [5.41, 5.74) is 3.73. The molecular formula is C37H47N3O4S. The van der Waals surface area contributed by atoms with E-state index < -0.39 is 33.4 Å². The smallest absolute Gasteiger partial charge is 0.251 e. The maximum absolute atomic E-state index is 15.2. The summed E-state index contributed by atoms with van der Waals surface area (Å²) in [5, 5.41) is 10.9. The lowest BCUT2D eigenvalue weighted by atomic mass is 9.66. The normalized spacial score (nSPS) is 27.3. The third kappa shape index (κ3) is 5.65. The highest BCUT2D eigenvalue weighted by Crippen LogP contribution is 2.72. The molecule has 6 atom stereocenters. The first-order valence-electron chi connectivity index (χ1n) is 16.1. The number of nitrogens with zero attached hydrogens (tertiary/aromatic N) is 3. The molecule has 0 saturated carbocycles. The summed E-state index contributed by atoms with van der Waals surface area (Å²) < 4.78 is -1.28. The van der Waals surface area contributed by atoms with Crippen LogP contribution >= 0.6 is 11.8 Å². The molecule has 0 radical (unpaired) electrons. The zero-order chi connectivity index (χ0) is 32.5. The first-order chi connectivity index (χ1) is 21.6. The number of carbonyl (C=O) groups excluding carboxylic acids is 3. The molecule has 1 N–H and O–H groups in total. The van der Waals surface area contributed by atoms with Crippen molar-refractivity contribution in [2.75, 3.05) is 31.1 Å². The summed E-state index contributed by atoms with van der Waals surface area (Å²) in [7, 11) is 0. The summed E-state index contributed by atoms with van der Waals surface area (Å²) in [6, 6.07) is 14.3. The molecule has 0 aromatic heterocycles. The largest absolute Gasteiger partial charge is 0.394 e. The van der Waals surface area contributed by atoms with Crippen LogP contribution < -0.4 is 4.90 Å². The van der Waals surface area contributed by atoms with Gasteiger partial charge >= 0.3 is 0 Å². The molecule has 1 spiro atoms. The van der Waals surface area contributed by atoms with E-state index in [0.717, 1.165) is 35.2 Å². The van der Waals surface area contributed by atoms with Gasteiger partial charge in [0.15, 0.2) is 0 Å². The van der Waals surface area contributed by atoms with E-state index in [9.17, 15) is 14.7 Å². The minimum Gasteiger partial charge on any atom is -0.394 e. The van der Waals surface area contributed by atoms with Crippen molar-refractivity contribution in [1.29, 1.82) is 0 Å². The van der Waals surface area contributed by atoms with Gasteiger partial charge in [-0.25, -0.2) is 0 Å². The average molecular weight is 630 g/mol. The average Bonchev–Trinajstić information content (AvgIpc) is 3.60. The number of rotatable bonds is 13. The molecule has 240 valence electrons. The number of aryl methyl sites for hydroxylation is 2. The number of aliphatic hydroxyl groups excluding tert-OH is 1. The number of benzene rings is 2. The van der Waals surface area contributed by atoms with Crippen molar-refractivity contribution in [1.82, 2.24) is 9.80 Å². The Morgan fingerprint density at radius 1 is 1.09 bits per heavy atom. The minimum atomic E-state index is -0.848. The molecule has 7 nitrogen and oxygen atoms in total. The summed E-state index contributed by atoms with van der Waals surface area (Å²) in [6.45, 7) is 16.9. The van der Waals surface area contributed by atoms with E-state index in [0.29, 0.717) is 25.9 Å². The molecule has 3 saturated heterocycles. The first kappa shape index (κ1) is 33.0. The Morgan fingerprint density at radius 2 is 1.80 bits per heavy atom. The van der Waals surface area contributed by atoms with Crippen molar-refractivity contribution in [3.8, 4) is 0 Å². The van der Waals surface area contributed by atoms with Crippen LogP contribution in [0.3, 0.4) is 0 Å². The molecule has 3 aliphatic rings. The van der Waals surface area contributed by atoms with Gasteiger partial charge in [0.25, 0.3) is 5.91 Å². The Balaban J connectivity index is 1.65. The Morgan fingerprint density at radius 3 is 2.44 bits per heavy atom. The molecule has 2 unspecified atom stereocenters. The van der Waals surface area contributed by atoms with Crippen molar-refractivity contribution in [2.24, 2.45) is 11.8 Å². The second kappa shape index (κ2) is 13.2. The number of fused-ring (bicyclic) bond motifs is 1. The second-order valence-corrected chi connectivity index (χ2v) is 15.0. The molecule has 2 bridgehead atoms. The molecule has 3 heterocycles. The lowest BCUT2D eigenvalue weighted by molar-refractivity contribution is -0.146. The molecule has 3 fully saturated rings. The van der Waals surface area contributed by atoms with Crippen LogP contribution in [0.1, 0.15) is 49.8 Å². The molecular weight excluding hydrogens is 582 g/mol. The van der Waals surface area contributed by atoms with Gasteiger partial charge in [0.05, 0.1) is 29.2 Å². The lowest BCUT2D eigenvalue weighted by Gasteiger charge is -2.40. The maximum atomic E-state index is 15.2. The van der Waals surface area contributed by atoms with Gasteiger partial charge < -0.3 is 19.8 Å². The van der Waals surface area contributed by atoms with Crippen molar-refractivity contribution in [2.45, 2.75) is 75.0 Å². The fraction of sp³-hybridized carbons (Fsp3) is 0.486. The van der Waals surface area contributed by atoms with E-state index >= 15 is 4.79 Å². The van der Waals surface area contributed by atoms with Gasteiger partial charge in [-0.2, -0.15) is 0 Å². The third-order valence-corrected chi connectivity index (χ3v) is 12.0. The van der Waals surface area contributed by atoms with Crippen molar-refractivity contribution >= 4 is 35.2 Å². The zero-order valence-electron chi connectivity index (χ0n) is 27.1.